The lowest BCUT2D eigenvalue weighted by molar-refractivity contribution is 0.388. The van der Waals surface area contributed by atoms with Crippen molar-refractivity contribution >= 4 is 11.6 Å². The van der Waals surface area contributed by atoms with Crippen LogP contribution in [-0.4, -0.2) is 20.2 Å². The van der Waals surface area contributed by atoms with Crippen molar-refractivity contribution in [3.05, 3.63) is 28.0 Å². The van der Waals surface area contributed by atoms with Crippen molar-refractivity contribution < 1.29 is 9.13 Å². The van der Waals surface area contributed by atoms with Crippen molar-refractivity contribution in [3.8, 4) is 5.75 Å². The van der Waals surface area contributed by atoms with Crippen molar-refractivity contribution in [2.24, 2.45) is 0 Å². The normalized spacial score (nSPS) is 20.4. The predicted molar refractivity (Wildman–Crippen MR) is 67.5 cm³/mol. The first-order valence-electron chi connectivity index (χ1n) is 5.88. The third-order valence-corrected chi connectivity index (χ3v) is 3.69. The maximum absolute atomic E-state index is 13.7. The van der Waals surface area contributed by atoms with Crippen LogP contribution in [0.15, 0.2) is 6.07 Å². The maximum atomic E-state index is 13.7. The number of rotatable bonds is 2. The first-order chi connectivity index (χ1) is 8.15. The van der Waals surface area contributed by atoms with E-state index in [0.29, 0.717) is 0 Å². The Morgan fingerprint density at radius 1 is 1.53 bits per heavy atom. The van der Waals surface area contributed by atoms with Crippen molar-refractivity contribution in [3.63, 3.8) is 0 Å². The van der Waals surface area contributed by atoms with Crippen LogP contribution in [0.2, 0.25) is 5.02 Å². The molecule has 0 amide bonds. The molecule has 0 saturated carbocycles. The van der Waals surface area contributed by atoms with Crippen LogP contribution >= 0.6 is 11.6 Å². The highest BCUT2D eigenvalue weighted by Gasteiger charge is 2.25. The smallest absolute Gasteiger partial charge is 0.142 e. The van der Waals surface area contributed by atoms with Crippen LogP contribution in [0.1, 0.15) is 29.9 Å². The quantitative estimate of drug-likeness (QED) is 0.878. The van der Waals surface area contributed by atoms with Gasteiger partial charge in [-0.15, -0.1) is 0 Å². The average Bonchev–Trinajstić information content (AvgIpc) is 2.34. The third kappa shape index (κ3) is 2.40. The van der Waals surface area contributed by atoms with Gasteiger partial charge in [0.15, 0.2) is 0 Å². The van der Waals surface area contributed by atoms with Gasteiger partial charge in [-0.3, -0.25) is 0 Å². The number of methoxy groups -OCH3 is 1. The summed E-state index contributed by atoms with van der Waals surface area (Å²) in [5, 5.41) is 3.52. The molecule has 1 aromatic carbocycles. The number of hydrogen-bond acceptors (Lipinski definition) is 2. The first kappa shape index (κ1) is 12.7. The Labute approximate surface area is 106 Å². The second-order valence-corrected chi connectivity index (χ2v) is 4.86. The van der Waals surface area contributed by atoms with Gasteiger partial charge in [0.2, 0.25) is 0 Å². The third-order valence-electron chi connectivity index (χ3n) is 3.30. The Balaban J connectivity index is 2.48. The standard InChI is InChI=1S/C13H17ClFNO/c1-8-6-10(15)12(14)11(13(8)17-2)9-4-3-5-16-7-9/h6,9,16H,3-5,7H2,1-2H3. The van der Waals surface area contributed by atoms with Crippen LogP contribution in [-0.2, 0) is 0 Å². The van der Waals surface area contributed by atoms with E-state index in [0.717, 1.165) is 42.8 Å². The van der Waals surface area contributed by atoms with Crippen molar-refractivity contribution in [2.45, 2.75) is 25.7 Å². The van der Waals surface area contributed by atoms with E-state index in [4.69, 9.17) is 16.3 Å². The Kier molecular flexibility index (Phi) is 3.89. The van der Waals surface area contributed by atoms with Gasteiger partial charge < -0.3 is 10.1 Å². The summed E-state index contributed by atoms with van der Waals surface area (Å²) in [6, 6.07) is 1.43. The second-order valence-electron chi connectivity index (χ2n) is 4.48. The van der Waals surface area contributed by atoms with Gasteiger partial charge in [0, 0.05) is 18.0 Å². The van der Waals surface area contributed by atoms with Crippen LogP contribution in [0, 0.1) is 12.7 Å². The highest BCUT2D eigenvalue weighted by Crippen LogP contribution is 2.40. The number of halogens is 2. The van der Waals surface area contributed by atoms with Crippen LogP contribution < -0.4 is 10.1 Å². The Morgan fingerprint density at radius 3 is 2.88 bits per heavy atom. The number of nitrogens with one attached hydrogen (secondary N) is 1. The Hall–Kier alpha value is -0.800. The van der Waals surface area contributed by atoms with Gasteiger partial charge in [0.1, 0.15) is 11.6 Å². The monoisotopic (exact) mass is 257 g/mol. The molecule has 0 spiro atoms. The molecule has 0 radical (unpaired) electrons. The first-order valence-corrected chi connectivity index (χ1v) is 6.26. The van der Waals surface area contributed by atoms with Gasteiger partial charge in [-0.1, -0.05) is 11.6 Å². The fourth-order valence-electron chi connectivity index (χ4n) is 2.49. The summed E-state index contributed by atoms with van der Waals surface area (Å²) in [7, 11) is 1.61. The predicted octanol–water partition coefficient (Wildman–Crippen LogP) is 3.26. The van der Waals surface area contributed by atoms with Gasteiger partial charge in [-0.2, -0.15) is 0 Å². The lowest BCUT2D eigenvalue weighted by Crippen LogP contribution is -2.29. The molecule has 1 aliphatic heterocycles. The van der Waals surface area contributed by atoms with E-state index in [1.807, 2.05) is 6.92 Å². The zero-order chi connectivity index (χ0) is 12.4. The summed E-state index contributed by atoms with van der Waals surface area (Å²) in [5.41, 5.74) is 1.62. The van der Waals surface area contributed by atoms with Crippen LogP contribution in [0.3, 0.4) is 0 Å². The molecule has 2 rings (SSSR count). The molecule has 0 aromatic heterocycles. The SMILES string of the molecule is COc1c(C)cc(F)c(Cl)c1C1CCCNC1. The van der Waals surface area contributed by atoms with Gasteiger partial charge in [-0.05, 0) is 37.9 Å². The molecule has 0 aliphatic carbocycles. The molecule has 1 aromatic rings. The molecule has 1 saturated heterocycles. The molecule has 17 heavy (non-hydrogen) atoms. The molecule has 1 heterocycles. The number of hydrogen-bond donors (Lipinski definition) is 1. The summed E-state index contributed by atoms with van der Waals surface area (Å²) in [6.07, 6.45) is 2.10. The minimum atomic E-state index is -0.356. The van der Waals surface area contributed by atoms with Crippen LogP contribution in [0.25, 0.3) is 0 Å². The Morgan fingerprint density at radius 2 is 2.29 bits per heavy atom. The minimum absolute atomic E-state index is 0.209. The number of aryl methyl sites for hydroxylation is 1. The molecule has 2 nitrogen and oxygen atoms in total. The average molecular weight is 258 g/mol. The lowest BCUT2D eigenvalue weighted by atomic mass is 9.89. The van der Waals surface area contributed by atoms with Gasteiger partial charge >= 0.3 is 0 Å². The second kappa shape index (κ2) is 5.23. The van der Waals surface area contributed by atoms with Crippen molar-refractivity contribution in [1.82, 2.24) is 5.32 Å². The van der Waals surface area contributed by atoms with Gasteiger partial charge in [-0.25, -0.2) is 4.39 Å². The number of piperidine rings is 1. The molecule has 1 N–H and O–H groups in total. The summed E-state index contributed by atoms with van der Waals surface area (Å²) >= 11 is 6.10. The molecular formula is C13H17ClFNO. The molecule has 1 aliphatic rings. The zero-order valence-corrected chi connectivity index (χ0v) is 10.9. The summed E-state index contributed by atoms with van der Waals surface area (Å²) in [5.74, 6) is 0.608. The largest absolute Gasteiger partial charge is 0.496 e. The van der Waals surface area contributed by atoms with E-state index in [1.165, 1.54) is 6.07 Å². The van der Waals surface area contributed by atoms with E-state index in [-0.39, 0.29) is 16.8 Å². The van der Waals surface area contributed by atoms with Crippen LogP contribution in [0.5, 0.6) is 5.75 Å². The highest BCUT2D eigenvalue weighted by atomic mass is 35.5. The summed E-state index contributed by atoms with van der Waals surface area (Å²) < 4.78 is 19.1. The molecule has 1 fully saturated rings. The lowest BCUT2D eigenvalue weighted by Gasteiger charge is -2.26. The zero-order valence-electron chi connectivity index (χ0n) is 10.1. The van der Waals surface area contributed by atoms with E-state index in [2.05, 4.69) is 5.32 Å². The van der Waals surface area contributed by atoms with Gasteiger partial charge in [0.05, 0.1) is 12.1 Å². The molecule has 4 heteroatoms. The number of ether oxygens (including phenoxy) is 1. The minimum Gasteiger partial charge on any atom is -0.496 e. The topological polar surface area (TPSA) is 21.3 Å². The molecule has 0 bridgehead atoms. The fourth-order valence-corrected chi connectivity index (χ4v) is 2.79. The maximum Gasteiger partial charge on any atom is 0.142 e. The number of benzene rings is 1. The fraction of sp³-hybridized carbons (Fsp3) is 0.538. The summed E-state index contributed by atoms with van der Waals surface area (Å²) in [4.78, 5) is 0. The molecular weight excluding hydrogens is 241 g/mol. The van der Waals surface area contributed by atoms with Gasteiger partial charge in [0.25, 0.3) is 0 Å². The van der Waals surface area contributed by atoms with Crippen molar-refractivity contribution in [2.75, 3.05) is 20.2 Å². The van der Waals surface area contributed by atoms with E-state index < -0.39 is 0 Å². The van der Waals surface area contributed by atoms with Crippen LogP contribution in [0.4, 0.5) is 4.39 Å². The Bertz CT molecular complexity index is 416. The molecule has 1 unspecified atom stereocenters. The van der Waals surface area contributed by atoms with E-state index in [1.54, 1.807) is 7.11 Å². The molecule has 94 valence electrons. The molecule has 1 atom stereocenters. The van der Waals surface area contributed by atoms with E-state index >= 15 is 0 Å². The highest BCUT2D eigenvalue weighted by molar-refractivity contribution is 6.31. The van der Waals surface area contributed by atoms with E-state index in [9.17, 15) is 4.39 Å². The van der Waals surface area contributed by atoms with Crippen molar-refractivity contribution in [1.29, 1.82) is 0 Å². The summed E-state index contributed by atoms with van der Waals surface area (Å²) in [6.45, 7) is 3.70.